The van der Waals surface area contributed by atoms with Crippen molar-refractivity contribution in [2.45, 2.75) is 71.1 Å². The van der Waals surface area contributed by atoms with Gasteiger partial charge < -0.3 is 5.11 Å². The number of phenols is 1. The van der Waals surface area contributed by atoms with Crippen molar-refractivity contribution in [3.63, 3.8) is 0 Å². The lowest BCUT2D eigenvalue weighted by Crippen LogP contribution is -2.02. The number of aromatic hydroxyl groups is 1. The molecule has 1 aromatic carbocycles. The maximum Gasteiger partial charge on any atom is 0.117 e. The van der Waals surface area contributed by atoms with Crippen molar-refractivity contribution in [1.82, 2.24) is 0 Å². The fourth-order valence-corrected chi connectivity index (χ4v) is 2.37. The van der Waals surface area contributed by atoms with Crippen LogP contribution < -0.4 is 5.48 Å². The van der Waals surface area contributed by atoms with Crippen LogP contribution in [0.4, 0.5) is 5.69 Å². The van der Waals surface area contributed by atoms with E-state index in [-0.39, 0.29) is 5.75 Å². The van der Waals surface area contributed by atoms with Crippen molar-refractivity contribution in [1.29, 1.82) is 0 Å². The van der Waals surface area contributed by atoms with Crippen LogP contribution in [0.2, 0.25) is 0 Å². The number of benzene rings is 1. The average Bonchev–Trinajstić information content (AvgIpc) is 2.48. The van der Waals surface area contributed by atoms with Gasteiger partial charge in [0.05, 0.1) is 12.3 Å². The molecular formula is C18H31NO2. The standard InChI is InChI=1S/C18H31NO2/c1-2-3-4-5-6-7-8-9-10-11-15-21-19-17-13-12-14-18(20)16-17/h12-14,16,19-20H,2-11,15H2,1H3. The Morgan fingerprint density at radius 3 is 2.14 bits per heavy atom. The van der Waals surface area contributed by atoms with E-state index in [0.717, 1.165) is 12.1 Å². The molecule has 0 bridgehead atoms. The van der Waals surface area contributed by atoms with Crippen molar-refractivity contribution in [2.75, 3.05) is 12.1 Å². The second-order valence-corrected chi connectivity index (χ2v) is 5.68. The second-order valence-electron chi connectivity index (χ2n) is 5.68. The van der Waals surface area contributed by atoms with Crippen molar-refractivity contribution in [3.8, 4) is 5.75 Å². The number of rotatable bonds is 13. The van der Waals surface area contributed by atoms with E-state index in [4.69, 9.17) is 4.84 Å². The average molecular weight is 293 g/mol. The molecule has 0 atom stereocenters. The van der Waals surface area contributed by atoms with Gasteiger partial charge in [-0.2, -0.15) is 0 Å². The Morgan fingerprint density at radius 1 is 0.905 bits per heavy atom. The third-order valence-corrected chi connectivity index (χ3v) is 3.64. The van der Waals surface area contributed by atoms with Crippen LogP contribution in [0.25, 0.3) is 0 Å². The van der Waals surface area contributed by atoms with Crippen LogP contribution in [0.3, 0.4) is 0 Å². The number of phenolic OH excluding ortho intramolecular Hbond substituents is 1. The minimum atomic E-state index is 0.252. The molecule has 0 unspecified atom stereocenters. The molecule has 1 aromatic rings. The summed E-state index contributed by atoms with van der Waals surface area (Å²) in [5, 5.41) is 9.31. The zero-order valence-corrected chi connectivity index (χ0v) is 13.4. The predicted octanol–water partition coefficient (Wildman–Crippen LogP) is 5.66. The SMILES string of the molecule is CCCCCCCCCCCCONc1cccc(O)c1. The summed E-state index contributed by atoms with van der Waals surface area (Å²) in [5.41, 5.74) is 3.65. The van der Waals surface area contributed by atoms with Gasteiger partial charge >= 0.3 is 0 Å². The van der Waals surface area contributed by atoms with E-state index < -0.39 is 0 Å². The Balaban J connectivity index is 1.82. The highest BCUT2D eigenvalue weighted by Gasteiger charge is 1.95. The van der Waals surface area contributed by atoms with E-state index >= 15 is 0 Å². The van der Waals surface area contributed by atoms with Crippen molar-refractivity contribution in [2.24, 2.45) is 0 Å². The van der Waals surface area contributed by atoms with Gasteiger partial charge in [-0.1, -0.05) is 70.8 Å². The quantitative estimate of drug-likeness (QED) is 0.364. The van der Waals surface area contributed by atoms with E-state index in [2.05, 4.69) is 12.4 Å². The molecule has 0 spiro atoms. The third-order valence-electron chi connectivity index (χ3n) is 3.64. The zero-order chi connectivity index (χ0) is 15.2. The topological polar surface area (TPSA) is 41.5 Å². The summed E-state index contributed by atoms with van der Waals surface area (Å²) in [6.07, 6.45) is 13.3. The lowest BCUT2D eigenvalue weighted by molar-refractivity contribution is 0.187. The Kier molecular flexibility index (Phi) is 10.6. The van der Waals surface area contributed by atoms with Gasteiger partial charge in [0.2, 0.25) is 0 Å². The van der Waals surface area contributed by atoms with Crippen molar-refractivity contribution >= 4 is 5.69 Å². The van der Waals surface area contributed by atoms with E-state index in [1.54, 1.807) is 18.2 Å². The lowest BCUT2D eigenvalue weighted by atomic mass is 10.1. The maximum atomic E-state index is 9.31. The number of hydrogen-bond donors (Lipinski definition) is 2. The van der Waals surface area contributed by atoms with Crippen LogP contribution in [-0.2, 0) is 4.84 Å². The third kappa shape index (κ3) is 10.2. The largest absolute Gasteiger partial charge is 0.508 e. The van der Waals surface area contributed by atoms with Gasteiger partial charge in [0, 0.05) is 6.07 Å². The second kappa shape index (κ2) is 12.5. The van der Waals surface area contributed by atoms with Gasteiger partial charge in [0.1, 0.15) is 5.75 Å². The van der Waals surface area contributed by atoms with Gasteiger partial charge in [0.25, 0.3) is 0 Å². The molecular weight excluding hydrogens is 262 g/mol. The van der Waals surface area contributed by atoms with Crippen LogP contribution in [-0.4, -0.2) is 11.7 Å². The minimum Gasteiger partial charge on any atom is -0.508 e. The molecule has 0 amide bonds. The van der Waals surface area contributed by atoms with Crippen LogP contribution in [0.1, 0.15) is 71.1 Å². The molecule has 0 radical (unpaired) electrons. The monoisotopic (exact) mass is 293 g/mol. The molecule has 0 aliphatic carbocycles. The molecule has 0 saturated heterocycles. The lowest BCUT2D eigenvalue weighted by Gasteiger charge is -2.07. The number of hydrogen-bond acceptors (Lipinski definition) is 3. The Bertz CT molecular complexity index is 355. The first-order chi connectivity index (χ1) is 10.3. The van der Waals surface area contributed by atoms with Gasteiger partial charge in [-0.05, 0) is 18.6 Å². The van der Waals surface area contributed by atoms with E-state index in [9.17, 15) is 5.11 Å². The number of anilines is 1. The van der Waals surface area contributed by atoms with Crippen LogP contribution in [0.5, 0.6) is 5.75 Å². The molecule has 0 aromatic heterocycles. The van der Waals surface area contributed by atoms with E-state index in [1.807, 2.05) is 6.07 Å². The van der Waals surface area contributed by atoms with Gasteiger partial charge in [-0.15, -0.1) is 0 Å². The highest BCUT2D eigenvalue weighted by molar-refractivity contribution is 5.45. The molecule has 3 heteroatoms. The number of unbranched alkanes of at least 4 members (excludes halogenated alkanes) is 9. The molecule has 0 fully saturated rings. The van der Waals surface area contributed by atoms with E-state index in [0.29, 0.717) is 6.61 Å². The molecule has 1 rings (SSSR count). The molecule has 3 nitrogen and oxygen atoms in total. The number of nitrogens with one attached hydrogen (secondary N) is 1. The predicted molar refractivity (Wildman–Crippen MR) is 89.5 cm³/mol. The summed E-state index contributed by atoms with van der Waals surface area (Å²) in [7, 11) is 0. The van der Waals surface area contributed by atoms with Gasteiger partial charge in [-0.25, -0.2) is 0 Å². The fourth-order valence-electron chi connectivity index (χ4n) is 2.37. The van der Waals surface area contributed by atoms with Crippen LogP contribution in [0.15, 0.2) is 24.3 Å². The first-order valence-electron chi connectivity index (χ1n) is 8.49. The van der Waals surface area contributed by atoms with Gasteiger partial charge in [-0.3, -0.25) is 10.3 Å². The van der Waals surface area contributed by atoms with Gasteiger partial charge in [0.15, 0.2) is 0 Å². The highest BCUT2D eigenvalue weighted by atomic mass is 16.6. The molecule has 21 heavy (non-hydrogen) atoms. The first-order valence-corrected chi connectivity index (χ1v) is 8.49. The molecule has 0 aliphatic heterocycles. The zero-order valence-electron chi connectivity index (χ0n) is 13.4. The summed E-state index contributed by atoms with van der Waals surface area (Å²) in [4.78, 5) is 5.39. The fraction of sp³-hybridized carbons (Fsp3) is 0.667. The minimum absolute atomic E-state index is 0.252. The maximum absolute atomic E-state index is 9.31. The summed E-state index contributed by atoms with van der Waals surface area (Å²) < 4.78 is 0. The Hall–Kier alpha value is -1.22. The van der Waals surface area contributed by atoms with Crippen LogP contribution in [0, 0.1) is 0 Å². The van der Waals surface area contributed by atoms with Crippen molar-refractivity contribution < 1.29 is 9.94 Å². The summed E-state index contributed by atoms with van der Waals surface area (Å²) >= 11 is 0. The molecule has 0 saturated carbocycles. The Morgan fingerprint density at radius 2 is 1.52 bits per heavy atom. The highest BCUT2D eigenvalue weighted by Crippen LogP contribution is 2.15. The summed E-state index contributed by atoms with van der Waals surface area (Å²) in [6.45, 7) is 2.98. The summed E-state index contributed by atoms with van der Waals surface area (Å²) in [5.74, 6) is 0.252. The molecule has 120 valence electrons. The van der Waals surface area contributed by atoms with Crippen molar-refractivity contribution in [3.05, 3.63) is 24.3 Å². The smallest absolute Gasteiger partial charge is 0.117 e. The normalized spacial score (nSPS) is 10.7. The summed E-state index contributed by atoms with van der Waals surface area (Å²) in [6, 6.07) is 6.96. The molecule has 0 aliphatic rings. The molecule has 2 N–H and O–H groups in total. The Labute approximate surface area is 129 Å². The van der Waals surface area contributed by atoms with E-state index in [1.165, 1.54) is 57.8 Å². The first kappa shape index (κ1) is 17.8. The molecule has 0 heterocycles. The van der Waals surface area contributed by atoms with Crippen LogP contribution >= 0.6 is 0 Å².